The summed E-state index contributed by atoms with van der Waals surface area (Å²) in [7, 11) is -3.61. The highest BCUT2D eigenvalue weighted by molar-refractivity contribution is 7.91. The average Bonchev–Trinajstić information content (AvgIpc) is 2.83. The molecule has 2 unspecified atom stereocenters. The second-order valence-corrected chi connectivity index (χ2v) is 7.78. The molecule has 1 aromatic heterocycles. The highest BCUT2D eigenvalue weighted by Gasteiger charge is 2.47. The molecule has 3 heterocycles. The van der Waals surface area contributed by atoms with Gasteiger partial charge in [-0.1, -0.05) is 11.3 Å². The largest absolute Gasteiger partial charge is 0.393 e. The molecular formula is C9H14N4O3S2. The van der Waals surface area contributed by atoms with Gasteiger partial charge in [-0.3, -0.25) is 0 Å². The van der Waals surface area contributed by atoms with E-state index in [1.807, 2.05) is 0 Å². The van der Waals surface area contributed by atoms with E-state index in [1.54, 1.807) is 0 Å². The molecule has 0 saturated carbocycles. The van der Waals surface area contributed by atoms with Crippen LogP contribution >= 0.6 is 11.3 Å². The Hall–Kier alpha value is -0.770. The highest BCUT2D eigenvalue weighted by Crippen LogP contribution is 2.40. The van der Waals surface area contributed by atoms with Crippen LogP contribution in [0.1, 0.15) is 25.7 Å². The standard InChI is InChI=1S/C9H14N4O3S2/c10-8-11-12-9(17-8)18(15,16)13-5-1-2-6(13)4-7(14)3-5/h5-7,14H,1-4H2,(H2,10,11). The Morgan fingerprint density at radius 1 is 1.28 bits per heavy atom. The molecule has 2 fully saturated rings. The number of piperidine rings is 1. The van der Waals surface area contributed by atoms with Crippen LogP contribution in [0.2, 0.25) is 0 Å². The molecule has 3 rings (SSSR count). The van der Waals surface area contributed by atoms with Crippen molar-refractivity contribution in [2.24, 2.45) is 0 Å². The Morgan fingerprint density at radius 3 is 2.39 bits per heavy atom. The van der Waals surface area contributed by atoms with Crippen LogP contribution in [0.3, 0.4) is 0 Å². The number of nitrogens with zero attached hydrogens (tertiary/aromatic N) is 3. The average molecular weight is 290 g/mol. The molecule has 0 aliphatic carbocycles. The predicted octanol–water partition coefficient (Wildman–Crippen LogP) is -0.203. The zero-order chi connectivity index (χ0) is 12.9. The summed E-state index contributed by atoms with van der Waals surface area (Å²) in [4.78, 5) is 0. The number of nitrogen functional groups attached to an aromatic ring is 1. The van der Waals surface area contributed by atoms with Crippen molar-refractivity contribution in [1.82, 2.24) is 14.5 Å². The number of fused-ring (bicyclic) bond motifs is 2. The first-order valence-electron chi connectivity index (χ1n) is 5.79. The fourth-order valence-corrected chi connectivity index (χ4v) is 5.68. The van der Waals surface area contributed by atoms with Crippen LogP contribution in [0.4, 0.5) is 5.13 Å². The number of aliphatic hydroxyl groups is 1. The summed E-state index contributed by atoms with van der Waals surface area (Å²) in [5.41, 5.74) is 5.43. The Balaban J connectivity index is 1.96. The van der Waals surface area contributed by atoms with Gasteiger partial charge in [0.05, 0.1) is 6.10 Å². The summed E-state index contributed by atoms with van der Waals surface area (Å²) in [5, 5.41) is 17.0. The monoisotopic (exact) mass is 290 g/mol. The number of rotatable bonds is 2. The molecule has 2 atom stereocenters. The third kappa shape index (κ3) is 1.81. The van der Waals surface area contributed by atoms with Crippen molar-refractivity contribution in [2.75, 3.05) is 5.73 Å². The zero-order valence-electron chi connectivity index (χ0n) is 9.56. The lowest BCUT2D eigenvalue weighted by atomic mass is 10.0. The second-order valence-electron chi connectivity index (χ2n) is 4.75. The predicted molar refractivity (Wildman–Crippen MR) is 65.4 cm³/mol. The Morgan fingerprint density at radius 2 is 1.89 bits per heavy atom. The minimum absolute atomic E-state index is 0.0479. The van der Waals surface area contributed by atoms with Gasteiger partial charge in [0.2, 0.25) is 9.47 Å². The van der Waals surface area contributed by atoms with Gasteiger partial charge in [-0.05, 0) is 25.7 Å². The van der Waals surface area contributed by atoms with Gasteiger partial charge in [0.25, 0.3) is 10.0 Å². The van der Waals surface area contributed by atoms with Gasteiger partial charge in [-0.15, -0.1) is 10.2 Å². The van der Waals surface area contributed by atoms with Gasteiger partial charge < -0.3 is 10.8 Å². The third-order valence-corrected chi connectivity index (χ3v) is 6.66. The maximum atomic E-state index is 12.5. The van der Waals surface area contributed by atoms with Crippen molar-refractivity contribution in [1.29, 1.82) is 0 Å². The molecule has 0 amide bonds. The summed E-state index contributed by atoms with van der Waals surface area (Å²) in [6.07, 6.45) is 2.21. The lowest BCUT2D eigenvalue weighted by molar-refractivity contribution is 0.0768. The SMILES string of the molecule is Nc1nnc(S(=O)(=O)N2C3CCC2CC(O)C3)s1. The van der Waals surface area contributed by atoms with Gasteiger partial charge >= 0.3 is 0 Å². The first-order valence-corrected chi connectivity index (χ1v) is 8.04. The lowest BCUT2D eigenvalue weighted by Gasteiger charge is -2.35. The van der Waals surface area contributed by atoms with E-state index in [0.717, 1.165) is 24.2 Å². The van der Waals surface area contributed by atoms with E-state index >= 15 is 0 Å². The molecule has 2 aliphatic rings. The lowest BCUT2D eigenvalue weighted by Crippen LogP contribution is -2.47. The number of hydrogen-bond acceptors (Lipinski definition) is 7. The second kappa shape index (κ2) is 4.12. The molecule has 0 spiro atoms. The fraction of sp³-hybridized carbons (Fsp3) is 0.778. The molecule has 18 heavy (non-hydrogen) atoms. The molecule has 2 aliphatic heterocycles. The number of hydrogen-bond donors (Lipinski definition) is 2. The van der Waals surface area contributed by atoms with Crippen LogP contribution in [0.15, 0.2) is 4.34 Å². The van der Waals surface area contributed by atoms with E-state index in [4.69, 9.17) is 5.73 Å². The van der Waals surface area contributed by atoms with Crippen LogP contribution in [0.5, 0.6) is 0 Å². The van der Waals surface area contributed by atoms with E-state index < -0.39 is 16.1 Å². The third-order valence-electron chi connectivity index (χ3n) is 3.56. The number of sulfonamides is 1. The number of aliphatic hydroxyl groups excluding tert-OH is 1. The van der Waals surface area contributed by atoms with E-state index in [9.17, 15) is 13.5 Å². The van der Waals surface area contributed by atoms with Crippen molar-refractivity contribution < 1.29 is 13.5 Å². The summed E-state index contributed by atoms with van der Waals surface area (Å²) >= 11 is 0.884. The van der Waals surface area contributed by atoms with Crippen molar-refractivity contribution in [3.05, 3.63) is 0 Å². The van der Waals surface area contributed by atoms with Crippen LogP contribution in [0.25, 0.3) is 0 Å². The Labute approximate surface area is 109 Å². The van der Waals surface area contributed by atoms with Crippen LogP contribution < -0.4 is 5.73 Å². The van der Waals surface area contributed by atoms with Gasteiger partial charge in [0.15, 0.2) is 0 Å². The van der Waals surface area contributed by atoms with Gasteiger partial charge in [0, 0.05) is 12.1 Å². The molecule has 2 saturated heterocycles. The maximum Gasteiger partial charge on any atom is 0.272 e. The van der Waals surface area contributed by atoms with E-state index in [0.29, 0.717) is 12.8 Å². The van der Waals surface area contributed by atoms with Gasteiger partial charge in [-0.2, -0.15) is 4.31 Å². The Bertz CT molecular complexity index is 544. The minimum atomic E-state index is -3.61. The number of nitrogens with two attached hydrogens (primary N) is 1. The Kier molecular flexibility index (Phi) is 2.81. The minimum Gasteiger partial charge on any atom is -0.393 e. The molecule has 1 aromatic rings. The summed E-state index contributed by atoms with van der Waals surface area (Å²) in [6, 6.07) is -0.234. The molecule has 0 radical (unpaired) electrons. The topological polar surface area (TPSA) is 109 Å². The first kappa shape index (κ1) is 12.3. The van der Waals surface area contributed by atoms with Crippen LogP contribution in [0, 0.1) is 0 Å². The van der Waals surface area contributed by atoms with Gasteiger partial charge in [-0.25, -0.2) is 8.42 Å². The summed E-state index contributed by atoms with van der Waals surface area (Å²) < 4.78 is 26.4. The summed E-state index contributed by atoms with van der Waals surface area (Å²) in [6.45, 7) is 0. The molecule has 9 heteroatoms. The van der Waals surface area contributed by atoms with Crippen LogP contribution in [-0.2, 0) is 10.0 Å². The molecule has 3 N–H and O–H groups in total. The van der Waals surface area contributed by atoms with Crippen molar-refractivity contribution in [3.8, 4) is 0 Å². The fourth-order valence-electron chi connectivity index (χ4n) is 2.91. The van der Waals surface area contributed by atoms with E-state index in [2.05, 4.69) is 10.2 Å². The smallest absolute Gasteiger partial charge is 0.272 e. The first-order chi connectivity index (χ1) is 8.48. The van der Waals surface area contributed by atoms with Crippen molar-refractivity contribution >= 4 is 26.5 Å². The quantitative estimate of drug-likeness (QED) is 0.780. The normalized spacial score (nSPS) is 32.8. The van der Waals surface area contributed by atoms with Crippen molar-refractivity contribution in [3.63, 3.8) is 0 Å². The maximum absolute atomic E-state index is 12.5. The zero-order valence-corrected chi connectivity index (χ0v) is 11.2. The molecule has 0 aromatic carbocycles. The van der Waals surface area contributed by atoms with E-state index in [-0.39, 0.29) is 21.6 Å². The highest BCUT2D eigenvalue weighted by atomic mass is 32.2. The van der Waals surface area contributed by atoms with Gasteiger partial charge in [0.1, 0.15) is 0 Å². The molecule has 100 valence electrons. The van der Waals surface area contributed by atoms with Crippen molar-refractivity contribution in [2.45, 2.75) is 48.2 Å². The summed E-state index contributed by atoms with van der Waals surface area (Å²) in [5.74, 6) is 0. The number of aromatic nitrogens is 2. The van der Waals surface area contributed by atoms with Crippen LogP contribution in [-0.4, -0.2) is 46.2 Å². The number of anilines is 1. The molecular weight excluding hydrogens is 276 g/mol. The molecule has 2 bridgehead atoms. The molecule has 7 nitrogen and oxygen atoms in total. The van der Waals surface area contributed by atoms with E-state index in [1.165, 1.54) is 4.31 Å².